The molecule has 0 spiro atoms. The summed E-state index contributed by atoms with van der Waals surface area (Å²) in [4.78, 5) is 14.6. The fourth-order valence-corrected chi connectivity index (χ4v) is 4.67. The Hall–Kier alpha value is -0.0456. The van der Waals surface area contributed by atoms with Crippen molar-refractivity contribution in [3.8, 4) is 0 Å². The summed E-state index contributed by atoms with van der Waals surface area (Å²) in [5.74, 6) is 0. The number of thiocarbonyl (C=S) groups is 3. The Morgan fingerprint density at radius 3 is 1.00 bits per heavy atom. The molecular formula is C27H38EuN5S6. The number of fused-ring (bicyclic) bond motifs is 3. The third kappa shape index (κ3) is 16.2. The van der Waals surface area contributed by atoms with E-state index in [1.54, 1.807) is 12.4 Å². The molecule has 2 heterocycles. The van der Waals surface area contributed by atoms with Gasteiger partial charge in [-0.25, -0.2) is 0 Å². The van der Waals surface area contributed by atoms with Gasteiger partial charge in [0.15, 0.2) is 0 Å². The molecule has 0 aliphatic heterocycles. The van der Waals surface area contributed by atoms with Crippen molar-refractivity contribution >= 4 is 109 Å². The van der Waals surface area contributed by atoms with Crippen LogP contribution in [0.15, 0.2) is 48.8 Å². The normalized spacial score (nSPS) is 9.28. The van der Waals surface area contributed by atoms with E-state index < -0.39 is 0 Å². The second kappa shape index (κ2) is 24.5. The van der Waals surface area contributed by atoms with Gasteiger partial charge in [0.05, 0.1) is 11.0 Å². The Morgan fingerprint density at radius 2 is 0.821 bits per heavy atom. The van der Waals surface area contributed by atoms with Crippen molar-refractivity contribution in [2.45, 2.75) is 41.5 Å². The Balaban J connectivity index is 0. The van der Waals surface area contributed by atoms with E-state index in [-0.39, 0.29) is 49.4 Å². The van der Waals surface area contributed by atoms with Crippen molar-refractivity contribution in [3.05, 3.63) is 48.8 Å². The predicted octanol–water partition coefficient (Wildman–Crippen LogP) is 6.26. The summed E-state index contributed by atoms with van der Waals surface area (Å²) in [6.07, 6.45) is 3.60. The number of hydrogen-bond donors (Lipinski definition) is 0. The van der Waals surface area contributed by atoms with Crippen LogP contribution in [0, 0.1) is 49.4 Å². The smallest absolute Gasteiger partial charge is 0.411 e. The fourth-order valence-electron chi connectivity index (χ4n) is 3.13. The van der Waals surface area contributed by atoms with Crippen LogP contribution in [-0.4, -0.2) is 76.9 Å². The van der Waals surface area contributed by atoms with Crippen LogP contribution in [-0.2, 0) is 37.9 Å². The Morgan fingerprint density at radius 1 is 0.564 bits per heavy atom. The van der Waals surface area contributed by atoms with Crippen LogP contribution in [0.1, 0.15) is 41.5 Å². The third-order valence-corrected chi connectivity index (χ3v) is 6.96. The summed E-state index contributed by atoms with van der Waals surface area (Å²) in [5, 5.41) is 2.28. The van der Waals surface area contributed by atoms with E-state index in [0.717, 1.165) is 61.1 Å². The van der Waals surface area contributed by atoms with Gasteiger partial charge in [0.25, 0.3) is 0 Å². The van der Waals surface area contributed by atoms with E-state index in [0.29, 0.717) is 13.0 Å². The van der Waals surface area contributed by atoms with Crippen LogP contribution in [0.4, 0.5) is 0 Å². The molecule has 12 heteroatoms. The first-order valence-corrected chi connectivity index (χ1v) is 15.0. The molecule has 39 heavy (non-hydrogen) atoms. The van der Waals surface area contributed by atoms with Crippen LogP contribution in [0.25, 0.3) is 21.8 Å². The monoisotopic (exact) mass is 777 g/mol. The minimum atomic E-state index is 0. The summed E-state index contributed by atoms with van der Waals surface area (Å²) in [7, 11) is 0. The van der Waals surface area contributed by atoms with Gasteiger partial charge in [-0.15, -0.1) is 0 Å². The van der Waals surface area contributed by atoms with Gasteiger partial charge in [-0.1, -0.05) is 37.2 Å². The van der Waals surface area contributed by atoms with Crippen molar-refractivity contribution in [1.29, 1.82) is 0 Å². The number of benzene rings is 1. The summed E-state index contributed by atoms with van der Waals surface area (Å²) in [6, 6.07) is 12.1. The standard InChI is InChI=1S/C12H8N2.3C5H11NS2.Eu/c1-3-9-5-6-10-4-2-8-14-12(10)11(9)13-7-1;3*1-3-6(4-2)5(7)8;/h1-8H;3*3-4H2,1-2H3,(H,7,8);/q;;;;+3/p-3. The number of hydrogen-bond acceptors (Lipinski definition) is 8. The zero-order chi connectivity index (χ0) is 29.1. The first-order valence-electron chi connectivity index (χ1n) is 12.6. The van der Waals surface area contributed by atoms with Crippen molar-refractivity contribution in [3.63, 3.8) is 0 Å². The van der Waals surface area contributed by atoms with Crippen LogP contribution in [0.3, 0.4) is 0 Å². The molecule has 0 radical (unpaired) electrons. The SMILES string of the molecule is CCN(CC)C(=S)[S-].CCN(CC)C(=S)[S-].CCN(CC)C(=S)[S-].[Eu+3].c1cnc2c(c1)ccc1cccnc12. The van der Waals surface area contributed by atoms with Crippen molar-refractivity contribution in [2.75, 3.05) is 39.3 Å². The van der Waals surface area contributed by atoms with Gasteiger partial charge in [0.2, 0.25) is 0 Å². The molecule has 0 atom stereocenters. The Labute approximate surface area is 309 Å². The molecule has 0 aliphatic rings. The van der Waals surface area contributed by atoms with Gasteiger partial charge in [-0.3, -0.25) is 9.97 Å². The molecule has 0 saturated carbocycles. The van der Waals surface area contributed by atoms with Gasteiger partial charge < -0.3 is 89.2 Å². The molecule has 0 N–H and O–H groups in total. The Bertz CT molecular complexity index is 1010. The summed E-state index contributed by atoms with van der Waals surface area (Å²) in [5.41, 5.74) is 1.95. The molecule has 1 aromatic carbocycles. The average molecular weight is 777 g/mol. The van der Waals surface area contributed by atoms with Crippen LogP contribution < -0.4 is 0 Å². The van der Waals surface area contributed by atoms with E-state index >= 15 is 0 Å². The van der Waals surface area contributed by atoms with Crippen LogP contribution in [0.2, 0.25) is 0 Å². The van der Waals surface area contributed by atoms with Crippen molar-refractivity contribution < 1.29 is 49.4 Å². The zero-order valence-corrected chi connectivity index (χ0v) is 30.7. The second-order valence-corrected chi connectivity index (χ2v) is 10.6. The number of aromatic nitrogens is 2. The van der Waals surface area contributed by atoms with Gasteiger partial charge >= 0.3 is 49.4 Å². The minimum absolute atomic E-state index is 0. The van der Waals surface area contributed by atoms with Crippen molar-refractivity contribution in [1.82, 2.24) is 24.7 Å². The summed E-state index contributed by atoms with van der Waals surface area (Å²) < 4.78 is 1.74. The van der Waals surface area contributed by atoms with E-state index in [2.05, 4.69) is 34.2 Å². The molecule has 3 rings (SSSR count). The molecule has 3 aromatic rings. The average Bonchev–Trinajstić information content (AvgIpc) is 2.91. The quantitative estimate of drug-likeness (QED) is 0.162. The molecule has 5 nitrogen and oxygen atoms in total. The fraction of sp³-hybridized carbons (Fsp3) is 0.444. The minimum Gasteiger partial charge on any atom is -0.411 e. The zero-order valence-electron chi connectivity index (χ0n) is 23.4. The van der Waals surface area contributed by atoms with E-state index in [4.69, 9.17) is 74.5 Å². The van der Waals surface area contributed by atoms with Crippen LogP contribution >= 0.6 is 36.7 Å². The molecule has 0 bridgehead atoms. The van der Waals surface area contributed by atoms with E-state index in [1.807, 2.05) is 68.4 Å². The van der Waals surface area contributed by atoms with E-state index in [9.17, 15) is 0 Å². The molecule has 0 aliphatic carbocycles. The molecule has 2 aromatic heterocycles. The maximum atomic E-state index is 4.76. The van der Waals surface area contributed by atoms with Gasteiger partial charge in [0.1, 0.15) is 0 Å². The van der Waals surface area contributed by atoms with Gasteiger partial charge in [-0.05, 0) is 53.7 Å². The predicted molar refractivity (Wildman–Crippen MR) is 186 cm³/mol. The number of rotatable bonds is 6. The number of pyridine rings is 2. The topological polar surface area (TPSA) is 35.5 Å². The molecule has 0 saturated heterocycles. The first-order chi connectivity index (χ1) is 18.1. The summed E-state index contributed by atoms with van der Waals surface area (Å²) in [6.45, 7) is 17.8. The molecule has 0 unspecified atom stereocenters. The molecule has 0 amide bonds. The second-order valence-electron chi connectivity index (χ2n) is 7.53. The van der Waals surface area contributed by atoms with E-state index in [1.165, 1.54) is 0 Å². The Kier molecular flexibility index (Phi) is 25.9. The van der Waals surface area contributed by atoms with Crippen LogP contribution in [0.5, 0.6) is 0 Å². The maximum Gasteiger partial charge on any atom is 3.00 e. The van der Waals surface area contributed by atoms with Gasteiger partial charge in [-0.2, -0.15) is 0 Å². The molecule has 214 valence electrons. The largest absolute Gasteiger partial charge is 3.00 e. The molecule has 0 fully saturated rings. The van der Waals surface area contributed by atoms with Gasteiger partial charge in [0, 0.05) is 62.4 Å². The summed E-state index contributed by atoms with van der Waals surface area (Å²) >= 11 is 28.5. The van der Waals surface area contributed by atoms with Crippen molar-refractivity contribution in [2.24, 2.45) is 0 Å². The molecular weight excluding hydrogens is 739 g/mol. The first kappa shape index (κ1) is 41.1. The maximum absolute atomic E-state index is 4.76. The third-order valence-electron chi connectivity index (χ3n) is 5.41. The number of nitrogens with zero attached hydrogens (tertiary/aromatic N) is 5.